The summed E-state index contributed by atoms with van der Waals surface area (Å²) in [6.45, 7) is 5.07. The number of likely N-dealkylation sites (tertiary alicyclic amines) is 1. The fourth-order valence-electron chi connectivity index (χ4n) is 1.47. The van der Waals surface area contributed by atoms with E-state index in [4.69, 9.17) is 4.74 Å². The lowest BCUT2D eigenvalue weighted by molar-refractivity contribution is -0.129. The van der Waals surface area contributed by atoms with Gasteiger partial charge in [0.05, 0.1) is 0 Å². The zero-order valence-corrected chi connectivity index (χ0v) is 7.45. The highest BCUT2D eigenvalue weighted by atomic mass is 16.5. The third-order valence-electron chi connectivity index (χ3n) is 2.24. The Morgan fingerprint density at radius 1 is 1.83 bits per heavy atom. The zero-order valence-electron chi connectivity index (χ0n) is 7.45. The van der Waals surface area contributed by atoms with Crippen molar-refractivity contribution < 1.29 is 9.53 Å². The van der Waals surface area contributed by atoms with Gasteiger partial charge in [-0.1, -0.05) is 6.58 Å². The molecule has 0 aromatic heterocycles. The molecule has 0 saturated carbocycles. The number of hydrogen-bond acceptors (Lipinski definition) is 2. The summed E-state index contributed by atoms with van der Waals surface area (Å²) in [6, 6.07) is 0. The topological polar surface area (TPSA) is 29.5 Å². The van der Waals surface area contributed by atoms with Crippen LogP contribution in [0.25, 0.3) is 0 Å². The van der Waals surface area contributed by atoms with Crippen LogP contribution in [0.2, 0.25) is 0 Å². The van der Waals surface area contributed by atoms with Crippen LogP contribution in [0, 0.1) is 5.92 Å². The predicted molar refractivity (Wildman–Crippen MR) is 46.5 cm³/mol. The third kappa shape index (κ3) is 1.85. The first-order chi connectivity index (χ1) is 5.79. The van der Waals surface area contributed by atoms with Gasteiger partial charge in [-0.3, -0.25) is 4.79 Å². The molecule has 1 aliphatic heterocycles. The minimum Gasteiger partial charge on any atom is -0.385 e. The van der Waals surface area contributed by atoms with Crippen molar-refractivity contribution in [2.24, 2.45) is 5.92 Å². The van der Waals surface area contributed by atoms with Crippen molar-refractivity contribution in [2.75, 3.05) is 20.3 Å². The van der Waals surface area contributed by atoms with E-state index in [9.17, 15) is 4.79 Å². The molecule has 12 heavy (non-hydrogen) atoms. The standard InChI is InChI=1S/C9H15NO2/c1-3-10-6-4-8(9(10)11)5-7-12-2/h3,8H,1,4-7H2,2H3. The molecule has 68 valence electrons. The van der Waals surface area contributed by atoms with Crippen LogP contribution < -0.4 is 0 Å². The van der Waals surface area contributed by atoms with Crippen molar-refractivity contribution in [1.29, 1.82) is 0 Å². The summed E-state index contributed by atoms with van der Waals surface area (Å²) in [5.41, 5.74) is 0. The first-order valence-electron chi connectivity index (χ1n) is 4.21. The highest BCUT2D eigenvalue weighted by molar-refractivity contribution is 5.81. The first-order valence-corrected chi connectivity index (χ1v) is 4.21. The van der Waals surface area contributed by atoms with Gasteiger partial charge in [-0.15, -0.1) is 0 Å². The van der Waals surface area contributed by atoms with Crippen molar-refractivity contribution in [2.45, 2.75) is 12.8 Å². The summed E-state index contributed by atoms with van der Waals surface area (Å²) in [6.07, 6.45) is 3.38. The molecule has 0 radical (unpaired) electrons. The Labute approximate surface area is 73.0 Å². The minimum atomic E-state index is 0.156. The number of amides is 1. The highest BCUT2D eigenvalue weighted by Crippen LogP contribution is 2.20. The van der Waals surface area contributed by atoms with Gasteiger partial charge < -0.3 is 9.64 Å². The lowest BCUT2D eigenvalue weighted by atomic mass is 10.1. The maximum Gasteiger partial charge on any atom is 0.229 e. The number of ether oxygens (including phenoxy) is 1. The fraction of sp³-hybridized carbons (Fsp3) is 0.667. The van der Waals surface area contributed by atoms with Crippen LogP contribution in [0.15, 0.2) is 12.8 Å². The molecule has 0 aromatic rings. The van der Waals surface area contributed by atoms with Gasteiger partial charge in [0.1, 0.15) is 0 Å². The molecule has 1 aliphatic rings. The van der Waals surface area contributed by atoms with E-state index in [0.717, 1.165) is 19.4 Å². The van der Waals surface area contributed by atoms with Gasteiger partial charge in [-0.25, -0.2) is 0 Å². The number of hydrogen-bond donors (Lipinski definition) is 0. The Bertz CT molecular complexity index is 179. The Balaban J connectivity index is 2.38. The maximum absolute atomic E-state index is 11.4. The largest absolute Gasteiger partial charge is 0.385 e. The molecule has 3 heteroatoms. The van der Waals surface area contributed by atoms with Crippen LogP contribution in [-0.2, 0) is 9.53 Å². The zero-order chi connectivity index (χ0) is 8.97. The van der Waals surface area contributed by atoms with Crippen LogP contribution in [-0.4, -0.2) is 31.1 Å². The molecular weight excluding hydrogens is 154 g/mol. The van der Waals surface area contributed by atoms with Crippen LogP contribution >= 0.6 is 0 Å². The highest BCUT2D eigenvalue weighted by Gasteiger charge is 2.29. The molecule has 1 atom stereocenters. The van der Waals surface area contributed by atoms with E-state index in [0.29, 0.717) is 6.61 Å². The number of methoxy groups -OCH3 is 1. The molecule has 0 N–H and O–H groups in total. The van der Waals surface area contributed by atoms with Crippen molar-refractivity contribution in [1.82, 2.24) is 4.90 Å². The van der Waals surface area contributed by atoms with Gasteiger partial charge in [-0.05, 0) is 19.0 Å². The second-order valence-corrected chi connectivity index (χ2v) is 2.98. The van der Waals surface area contributed by atoms with Crippen molar-refractivity contribution in [3.05, 3.63) is 12.8 Å². The van der Waals surface area contributed by atoms with Crippen LogP contribution in [0.5, 0.6) is 0 Å². The second-order valence-electron chi connectivity index (χ2n) is 2.98. The molecule has 1 amide bonds. The van der Waals surface area contributed by atoms with Gasteiger partial charge in [0, 0.05) is 26.2 Å². The Morgan fingerprint density at radius 2 is 2.58 bits per heavy atom. The molecule has 1 unspecified atom stereocenters. The smallest absolute Gasteiger partial charge is 0.229 e. The lowest BCUT2D eigenvalue weighted by Gasteiger charge is -2.09. The molecular formula is C9H15NO2. The summed E-state index contributed by atoms with van der Waals surface area (Å²) in [4.78, 5) is 13.1. The van der Waals surface area contributed by atoms with E-state index in [-0.39, 0.29) is 11.8 Å². The van der Waals surface area contributed by atoms with Gasteiger partial charge in [-0.2, -0.15) is 0 Å². The van der Waals surface area contributed by atoms with E-state index in [1.807, 2.05) is 0 Å². The lowest BCUT2D eigenvalue weighted by Crippen LogP contribution is -2.22. The second kappa shape index (κ2) is 4.26. The molecule has 0 spiro atoms. The van der Waals surface area contributed by atoms with Crippen LogP contribution in [0.4, 0.5) is 0 Å². The quantitative estimate of drug-likeness (QED) is 0.628. The molecule has 0 aliphatic carbocycles. The SMILES string of the molecule is C=CN1CCC(CCOC)C1=O. The number of nitrogens with zero attached hydrogens (tertiary/aromatic N) is 1. The first kappa shape index (κ1) is 9.26. The van der Waals surface area contributed by atoms with Crippen molar-refractivity contribution in [3.63, 3.8) is 0 Å². The van der Waals surface area contributed by atoms with Gasteiger partial charge in [0.15, 0.2) is 0 Å². The predicted octanol–water partition coefficient (Wildman–Crippen LogP) is 1.01. The monoisotopic (exact) mass is 169 g/mol. The summed E-state index contributed by atoms with van der Waals surface area (Å²) in [5, 5.41) is 0. The van der Waals surface area contributed by atoms with Gasteiger partial charge in [0.2, 0.25) is 5.91 Å². The molecule has 1 rings (SSSR count). The van der Waals surface area contributed by atoms with E-state index >= 15 is 0 Å². The molecule has 1 saturated heterocycles. The number of carbonyl (C=O) groups excluding carboxylic acids is 1. The molecule has 1 fully saturated rings. The van der Waals surface area contributed by atoms with Gasteiger partial charge in [0.25, 0.3) is 0 Å². The van der Waals surface area contributed by atoms with E-state index < -0.39 is 0 Å². The van der Waals surface area contributed by atoms with Gasteiger partial charge >= 0.3 is 0 Å². The Hall–Kier alpha value is -0.830. The normalized spacial score (nSPS) is 23.2. The molecule has 0 aromatic carbocycles. The maximum atomic E-state index is 11.4. The van der Waals surface area contributed by atoms with E-state index in [1.54, 1.807) is 18.2 Å². The average Bonchev–Trinajstić information content (AvgIpc) is 2.43. The minimum absolute atomic E-state index is 0.156. The molecule has 1 heterocycles. The number of rotatable bonds is 4. The molecule has 3 nitrogen and oxygen atoms in total. The van der Waals surface area contributed by atoms with Crippen molar-refractivity contribution in [3.8, 4) is 0 Å². The molecule has 0 bridgehead atoms. The van der Waals surface area contributed by atoms with E-state index in [2.05, 4.69) is 6.58 Å². The van der Waals surface area contributed by atoms with Crippen LogP contribution in [0.1, 0.15) is 12.8 Å². The third-order valence-corrected chi connectivity index (χ3v) is 2.24. The Morgan fingerprint density at radius 3 is 3.08 bits per heavy atom. The van der Waals surface area contributed by atoms with E-state index in [1.165, 1.54) is 0 Å². The summed E-state index contributed by atoms with van der Waals surface area (Å²) >= 11 is 0. The fourth-order valence-corrected chi connectivity index (χ4v) is 1.47. The summed E-state index contributed by atoms with van der Waals surface area (Å²) in [5.74, 6) is 0.352. The summed E-state index contributed by atoms with van der Waals surface area (Å²) < 4.78 is 4.92. The van der Waals surface area contributed by atoms with Crippen LogP contribution in [0.3, 0.4) is 0 Å². The summed E-state index contributed by atoms with van der Waals surface area (Å²) in [7, 11) is 1.66. The van der Waals surface area contributed by atoms with Crippen molar-refractivity contribution >= 4 is 5.91 Å². The average molecular weight is 169 g/mol. The Kier molecular flexibility index (Phi) is 3.29. The number of carbonyl (C=O) groups is 1.